The molecule has 2 aromatic rings. The highest BCUT2D eigenvalue weighted by Crippen LogP contribution is 2.17. The highest BCUT2D eigenvalue weighted by atomic mass is 32.2. The van der Waals surface area contributed by atoms with Crippen molar-refractivity contribution in [2.75, 3.05) is 30.5 Å². The summed E-state index contributed by atoms with van der Waals surface area (Å²) >= 11 is 1.48. The molecule has 3 N–H and O–H groups in total. The lowest BCUT2D eigenvalue weighted by Gasteiger charge is -2.08. The van der Waals surface area contributed by atoms with Crippen LogP contribution in [0.2, 0.25) is 0 Å². The minimum Gasteiger partial charge on any atom is -0.497 e. The molecule has 0 radical (unpaired) electrons. The van der Waals surface area contributed by atoms with E-state index in [9.17, 15) is 9.59 Å². The molecule has 6 nitrogen and oxygen atoms in total. The summed E-state index contributed by atoms with van der Waals surface area (Å²) in [4.78, 5) is 22.8. The number of nitrogens with one attached hydrogen (secondary N) is 1. The number of rotatable bonds is 9. The third kappa shape index (κ3) is 6.39. The topological polar surface area (TPSA) is 90.7 Å². The Morgan fingerprint density at radius 1 is 1.04 bits per heavy atom. The van der Waals surface area contributed by atoms with Crippen LogP contribution in [-0.2, 0) is 4.79 Å². The van der Waals surface area contributed by atoms with Crippen LogP contribution in [0.3, 0.4) is 0 Å². The van der Waals surface area contributed by atoms with Crippen LogP contribution in [0.25, 0.3) is 0 Å². The number of anilines is 1. The molecule has 0 spiro atoms. The molecule has 2 rings (SSSR count). The first kappa shape index (κ1) is 18.7. The molecule has 132 valence electrons. The average molecular weight is 360 g/mol. The standard InChI is InChI=1S/C18H20N2O4S/c1-23-15-6-8-16(9-7-15)24-10-11-25-12-17(21)20-14-4-2-13(3-5-14)18(19)22/h2-9H,10-12H2,1H3,(H2,19,22)(H,20,21). The number of methoxy groups -OCH3 is 1. The third-order valence-electron chi connectivity index (χ3n) is 3.24. The number of nitrogens with two attached hydrogens (primary N) is 1. The average Bonchev–Trinajstić information content (AvgIpc) is 2.62. The van der Waals surface area contributed by atoms with Gasteiger partial charge in [-0.1, -0.05) is 0 Å². The Morgan fingerprint density at radius 3 is 2.28 bits per heavy atom. The van der Waals surface area contributed by atoms with E-state index in [4.69, 9.17) is 15.2 Å². The summed E-state index contributed by atoms with van der Waals surface area (Å²) in [7, 11) is 1.61. The SMILES string of the molecule is COc1ccc(OCCSCC(=O)Nc2ccc(C(N)=O)cc2)cc1. The van der Waals surface area contributed by atoms with Crippen LogP contribution in [0.4, 0.5) is 5.69 Å². The number of thioether (sulfide) groups is 1. The summed E-state index contributed by atoms with van der Waals surface area (Å²) in [6.45, 7) is 0.511. The Kier molecular flexibility index (Phi) is 7.16. The van der Waals surface area contributed by atoms with E-state index < -0.39 is 5.91 Å². The molecule has 0 saturated carbocycles. The van der Waals surface area contributed by atoms with Crippen molar-refractivity contribution >= 4 is 29.3 Å². The number of hydrogen-bond acceptors (Lipinski definition) is 5. The lowest BCUT2D eigenvalue weighted by Crippen LogP contribution is -2.15. The van der Waals surface area contributed by atoms with Crippen molar-refractivity contribution < 1.29 is 19.1 Å². The first-order chi connectivity index (χ1) is 12.1. The molecule has 0 atom stereocenters. The van der Waals surface area contributed by atoms with E-state index in [2.05, 4.69) is 5.32 Å². The molecule has 0 aliphatic rings. The van der Waals surface area contributed by atoms with E-state index in [-0.39, 0.29) is 5.91 Å². The number of hydrogen-bond donors (Lipinski definition) is 2. The van der Waals surface area contributed by atoms with Gasteiger partial charge in [-0.15, -0.1) is 11.8 Å². The van der Waals surface area contributed by atoms with E-state index in [1.54, 1.807) is 31.4 Å². The Morgan fingerprint density at radius 2 is 1.68 bits per heavy atom. The number of carbonyl (C=O) groups excluding carboxylic acids is 2. The number of primary amides is 1. The fraction of sp³-hybridized carbons (Fsp3) is 0.222. The van der Waals surface area contributed by atoms with Crippen LogP contribution in [0.1, 0.15) is 10.4 Å². The molecule has 25 heavy (non-hydrogen) atoms. The van der Waals surface area contributed by atoms with Crippen LogP contribution >= 0.6 is 11.8 Å². The Bertz CT molecular complexity index is 702. The smallest absolute Gasteiger partial charge is 0.248 e. The quantitative estimate of drug-likeness (QED) is 0.671. The zero-order valence-electron chi connectivity index (χ0n) is 13.9. The van der Waals surface area contributed by atoms with Crippen molar-refractivity contribution in [1.82, 2.24) is 0 Å². The first-order valence-electron chi connectivity index (χ1n) is 7.63. The molecule has 0 fully saturated rings. The van der Waals surface area contributed by atoms with Crippen molar-refractivity contribution in [1.29, 1.82) is 0 Å². The fourth-order valence-corrected chi connectivity index (χ4v) is 2.57. The van der Waals surface area contributed by atoms with Crippen LogP contribution in [0.5, 0.6) is 11.5 Å². The summed E-state index contributed by atoms with van der Waals surface area (Å²) in [6.07, 6.45) is 0. The number of carbonyl (C=O) groups is 2. The summed E-state index contributed by atoms with van der Waals surface area (Å²) in [6, 6.07) is 13.8. The highest BCUT2D eigenvalue weighted by Gasteiger charge is 2.04. The Hall–Kier alpha value is -2.67. The number of benzene rings is 2. The molecule has 0 unspecified atom stereocenters. The second kappa shape index (κ2) is 9.58. The molecule has 2 aromatic carbocycles. The normalized spacial score (nSPS) is 10.1. The van der Waals surface area contributed by atoms with Crippen molar-refractivity contribution in [3.05, 3.63) is 54.1 Å². The molecule has 2 amide bonds. The molecule has 0 aliphatic heterocycles. The van der Waals surface area contributed by atoms with E-state index in [1.807, 2.05) is 24.3 Å². The maximum absolute atomic E-state index is 11.9. The van der Waals surface area contributed by atoms with Gasteiger partial charge in [0.1, 0.15) is 11.5 Å². The van der Waals surface area contributed by atoms with Gasteiger partial charge in [0.05, 0.1) is 19.5 Å². The highest BCUT2D eigenvalue weighted by molar-refractivity contribution is 7.99. The van der Waals surface area contributed by atoms with Crippen LogP contribution in [0, 0.1) is 0 Å². The van der Waals surface area contributed by atoms with Crippen molar-refractivity contribution in [3.63, 3.8) is 0 Å². The summed E-state index contributed by atoms with van der Waals surface area (Å²) in [5, 5.41) is 2.76. The molecule has 7 heteroatoms. The van der Waals surface area contributed by atoms with Gasteiger partial charge in [0.2, 0.25) is 11.8 Å². The minimum absolute atomic E-state index is 0.110. The van der Waals surface area contributed by atoms with Gasteiger partial charge in [-0.05, 0) is 48.5 Å². The van der Waals surface area contributed by atoms with Crippen molar-refractivity contribution in [3.8, 4) is 11.5 Å². The monoisotopic (exact) mass is 360 g/mol. The van der Waals surface area contributed by atoms with Crippen LogP contribution in [0.15, 0.2) is 48.5 Å². The van der Waals surface area contributed by atoms with Crippen molar-refractivity contribution in [2.45, 2.75) is 0 Å². The summed E-state index contributed by atoms with van der Waals surface area (Å²) in [5.74, 6) is 1.96. The molecular formula is C18H20N2O4S. The largest absolute Gasteiger partial charge is 0.497 e. The van der Waals surface area contributed by atoms with Crippen LogP contribution in [-0.4, -0.2) is 37.0 Å². The Balaban J connectivity index is 1.63. The molecule has 0 saturated heterocycles. The van der Waals surface area contributed by atoms with E-state index in [0.717, 1.165) is 11.5 Å². The van der Waals surface area contributed by atoms with Crippen LogP contribution < -0.4 is 20.5 Å². The lowest BCUT2D eigenvalue weighted by atomic mass is 10.2. The zero-order valence-corrected chi connectivity index (χ0v) is 14.7. The van der Waals surface area contributed by atoms with Crippen molar-refractivity contribution in [2.24, 2.45) is 5.73 Å². The van der Waals surface area contributed by atoms with E-state index in [1.165, 1.54) is 11.8 Å². The molecular weight excluding hydrogens is 340 g/mol. The van der Waals surface area contributed by atoms with Gasteiger partial charge in [-0.3, -0.25) is 9.59 Å². The van der Waals surface area contributed by atoms with Gasteiger partial charge < -0.3 is 20.5 Å². The van der Waals surface area contributed by atoms with Gasteiger partial charge in [0.15, 0.2) is 0 Å². The maximum atomic E-state index is 11.9. The summed E-state index contributed by atoms with van der Waals surface area (Å²) in [5.41, 5.74) is 6.20. The second-order valence-corrected chi connectivity index (χ2v) is 6.17. The molecule has 0 bridgehead atoms. The number of amides is 2. The summed E-state index contributed by atoms with van der Waals surface area (Å²) < 4.78 is 10.7. The maximum Gasteiger partial charge on any atom is 0.248 e. The van der Waals surface area contributed by atoms with Gasteiger partial charge in [-0.25, -0.2) is 0 Å². The predicted molar refractivity (Wildman–Crippen MR) is 99.4 cm³/mol. The van der Waals surface area contributed by atoms with E-state index >= 15 is 0 Å². The lowest BCUT2D eigenvalue weighted by molar-refractivity contribution is -0.113. The van der Waals surface area contributed by atoms with E-state index in [0.29, 0.717) is 29.4 Å². The predicted octanol–water partition coefficient (Wildman–Crippen LogP) is 2.54. The minimum atomic E-state index is -0.495. The molecule has 0 aromatic heterocycles. The van der Waals surface area contributed by atoms with Gasteiger partial charge in [0.25, 0.3) is 0 Å². The fourth-order valence-electron chi connectivity index (χ4n) is 1.97. The van der Waals surface area contributed by atoms with Gasteiger partial charge in [0, 0.05) is 17.0 Å². The van der Waals surface area contributed by atoms with Gasteiger partial charge >= 0.3 is 0 Å². The Labute approximate surface area is 150 Å². The zero-order chi connectivity index (χ0) is 18.1. The molecule has 0 aliphatic carbocycles. The second-order valence-electron chi connectivity index (χ2n) is 5.07. The first-order valence-corrected chi connectivity index (χ1v) is 8.78. The number of ether oxygens (including phenoxy) is 2. The third-order valence-corrected chi connectivity index (χ3v) is 4.16. The molecule has 0 heterocycles. The van der Waals surface area contributed by atoms with Gasteiger partial charge in [-0.2, -0.15) is 0 Å².